The summed E-state index contributed by atoms with van der Waals surface area (Å²) in [6, 6.07) is 0. The van der Waals surface area contributed by atoms with Crippen LogP contribution < -0.4 is 0 Å². The monoisotopic (exact) mass is 270 g/mol. The summed E-state index contributed by atoms with van der Waals surface area (Å²) in [6.07, 6.45) is 16.8. The summed E-state index contributed by atoms with van der Waals surface area (Å²) in [5.41, 5.74) is 0. The molecule has 0 aliphatic rings. The van der Waals surface area contributed by atoms with Gasteiger partial charge in [-0.25, -0.2) is 0 Å². The Hall–Kier alpha value is -0.600. The second-order valence-corrected chi connectivity index (χ2v) is 4.78. The number of aliphatic hydroxyl groups is 2. The summed E-state index contributed by atoms with van der Waals surface area (Å²) in [6.45, 7) is 7.91. The lowest BCUT2D eigenvalue weighted by Crippen LogP contribution is -1.83. The first-order valence-electron chi connectivity index (χ1n) is 7.77. The van der Waals surface area contributed by atoms with Crippen LogP contribution >= 0.6 is 0 Å². The Morgan fingerprint density at radius 2 is 0.842 bits per heavy atom. The molecular weight excluding hydrogens is 236 g/mol. The Morgan fingerprint density at radius 1 is 0.526 bits per heavy atom. The minimum atomic E-state index is 0.313. The zero-order valence-electron chi connectivity index (χ0n) is 12.7. The zero-order chi connectivity index (χ0) is 14.6. The average molecular weight is 270 g/mol. The van der Waals surface area contributed by atoms with Crippen LogP contribution in [0.3, 0.4) is 0 Å². The third-order valence-electron chi connectivity index (χ3n) is 2.88. The van der Waals surface area contributed by atoms with Gasteiger partial charge in [0.1, 0.15) is 0 Å². The van der Waals surface area contributed by atoms with Crippen molar-refractivity contribution in [1.29, 1.82) is 0 Å². The summed E-state index contributed by atoms with van der Waals surface area (Å²) in [5.74, 6) is 0. The molecule has 0 fully saturated rings. The molecule has 0 amide bonds. The molecule has 2 heteroatoms. The van der Waals surface area contributed by atoms with E-state index in [-0.39, 0.29) is 0 Å². The van der Waals surface area contributed by atoms with Gasteiger partial charge in [-0.2, -0.15) is 0 Å². The van der Waals surface area contributed by atoms with E-state index in [2.05, 4.69) is 13.2 Å². The fraction of sp³-hybridized carbons (Fsp3) is 0.765. The summed E-state index contributed by atoms with van der Waals surface area (Å²) in [7, 11) is 0. The van der Waals surface area contributed by atoms with Gasteiger partial charge in [-0.1, -0.05) is 44.3 Å². The minimum absolute atomic E-state index is 0.313. The van der Waals surface area contributed by atoms with Crippen LogP contribution in [0.1, 0.15) is 70.6 Å². The van der Waals surface area contributed by atoms with Gasteiger partial charge in [-0.15, -0.1) is 13.2 Å². The number of unbranched alkanes of at least 4 members (excludes halogenated alkanes) is 9. The van der Waals surface area contributed by atoms with E-state index in [0.29, 0.717) is 13.2 Å². The quantitative estimate of drug-likeness (QED) is 0.379. The van der Waals surface area contributed by atoms with Crippen LogP contribution in [0.25, 0.3) is 0 Å². The predicted octanol–water partition coefficient (Wildman–Crippen LogP) is 4.62. The predicted molar refractivity (Wildman–Crippen MR) is 85.4 cm³/mol. The van der Waals surface area contributed by atoms with Crippen molar-refractivity contribution in [1.82, 2.24) is 0 Å². The average Bonchev–Trinajstić information content (AvgIpc) is 2.43. The highest BCUT2D eigenvalue weighted by Crippen LogP contribution is 2.08. The van der Waals surface area contributed by atoms with Crippen molar-refractivity contribution in [2.45, 2.75) is 70.6 Å². The molecule has 0 bridgehead atoms. The Labute approximate surface area is 120 Å². The normalized spacial score (nSPS) is 9.58. The van der Waals surface area contributed by atoms with E-state index in [0.717, 1.165) is 32.1 Å². The van der Waals surface area contributed by atoms with Crippen molar-refractivity contribution >= 4 is 0 Å². The summed E-state index contributed by atoms with van der Waals surface area (Å²) in [4.78, 5) is 0. The molecule has 0 spiro atoms. The molecule has 114 valence electrons. The van der Waals surface area contributed by atoms with Gasteiger partial charge in [0.25, 0.3) is 0 Å². The molecule has 0 atom stereocenters. The van der Waals surface area contributed by atoms with E-state index in [9.17, 15) is 0 Å². The van der Waals surface area contributed by atoms with E-state index >= 15 is 0 Å². The molecule has 0 rings (SSSR count). The van der Waals surface area contributed by atoms with Crippen LogP contribution in [0.4, 0.5) is 0 Å². The van der Waals surface area contributed by atoms with Crippen molar-refractivity contribution in [3.05, 3.63) is 25.3 Å². The SMILES string of the molecule is C=CCCCCCCCCCO.C=CCCCCO. The maximum absolute atomic E-state index is 8.53. The molecule has 0 heterocycles. The van der Waals surface area contributed by atoms with E-state index in [1.54, 1.807) is 0 Å². The summed E-state index contributed by atoms with van der Waals surface area (Å²) in [5, 5.41) is 16.8. The molecular formula is C17H34O2. The largest absolute Gasteiger partial charge is 0.396 e. The molecule has 2 nitrogen and oxygen atoms in total. The highest BCUT2D eigenvalue weighted by Gasteiger charge is 1.89. The Morgan fingerprint density at radius 3 is 1.26 bits per heavy atom. The first-order valence-corrected chi connectivity index (χ1v) is 7.77. The Kier molecular flexibility index (Phi) is 24.6. The van der Waals surface area contributed by atoms with Crippen molar-refractivity contribution in [2.75, 3.05) is 13.2 Å². The number of allylic oxidation sites excluding steroid dienone is 2. The van der Waals surface area contributed by atoms with Crippen LogP contribution in [0.5, 0.6) is 0 Å². The third-order valence-corrected chi connectivity index (χ3v) is 2.88. The third kappa shape index (κ3) is 26.8. The molecule has 0 aromatic carbocycles. The van der Waals surface area contributed by atoms with Crippen molar-refractivity contribution < 1.29 is 10.2 Å². The van der Waals surface area contributed by atoms with Crippen molar-refractivity contribution in [3.8, 4) is 0 Å². The molecule has 0 radical (unpaired) electrons. The maximum atomic E-state index is 8.53. The molecule has 0 saturated heterocycles. The van der Waals surface area contributed by atoms with Gasteiger partial charge < -0.3 is 10.2 Å². The molecule has 0 aliphatic carbocycles. The number of rotatable bonds is 13. The number of aliphatic hydroxyl groups excluding tert-OH is 2. The highest BCUT2D eigenvalue weighted by atomic mass is 16.3. The summed E-state index contributed by atoms with van der Waals surface area (Å²) >= 11 is 0. The smallest absolute Gasteiger partial charge is 0.0431 e. The molecule has 2 N–H and O–H groups in total. The molecule has 0 aromatic heterocycles. The molecule has 0 aliphatic heterocycles. The fourth-order valence-electron chi connectivity index (χ4n) is 1.68. The van der Waals surface area contributed by atoms with Crippen LogP contribution in [0.15, 0.2) is 25.3 Å². The lowest BCUT2D eigenvalue weighted by molar-refractivity contribution is 0.282. The van der Waals surface area contributed by atoms with Crippen LogP contribution in [-0.2, 0) is 0 Å². The van der Waals surface area contributed by atoms with Crippen LogP contribution in [0.2, 0.25) is 0 Å². The second-order valence-electron chi connectivity index (χ2n) is 4.78. The minimum Gasteiger partial charge on any atom is -0.396 e. The number of hydrogen-bond acceptors (Lipinski definition) is 2. The van der Waals surface area contributed by atoms with E-state index in [1.807, 2.05) is 12.2 Å². The lowest BCUT2D eigenvalue weighted by Gasteiger charge is -1.99. The van der Waals surface area contributed by atoms with Gasteiger partial charge in [0.2, 0.25) is 0 Å². The Balaban J connectivity index is 0. The first-order chi connectivity index (χ1) is 9.33. The van der Waals surface area contributed by atoms with Gasteiger partial charge in [0.05, 0.1) is 0 Å². The maximum Gasteiger partial charge on any atom is 0.0431 e. The molecule has 0 unspecified atom stereocenters. The van der Waals surface area contributed by atoms with E-state index in [4.69, 9.17) is 10.2 Å². The summed E-state index contributed by atoms with van der Waals surface area (Å²) < 4.78 is 0. The molecule has 19 heavy (non-hydrogen) atoms. The van der Waals surface area contributed by atoms with Gasteiger partial charge in [-0.3, -0.25) is 0 Å². The van der Waals surface area contributed by atoms with Gasteiger partial charge in [0, 0.05) is 13.2 Å². The van der Waals surface area contributed by atoms with Gasteiger partial charge in [0.15, 0.2) is 0 Å². The van der Waals surface area contributed by atoms with Crippen LogP contribution in [0, 0.1) is 0 Å². The van der Waals surface area contributed by atoms with Gasteiger partial charge >= 0.3 is 0 Å². The molecule has 0 aromatic rings. The van der Waals surface area contributed by atoms with Crippen molar-refractivity contribution in [2.24, 2.45) is 0 Å². The second kappa shape index (κ2) is 22.6. The highest BCUT2D eigenvalue weighted by molar-refractivity contribution is 4.65. The number of hydrogen-bond donors (Lipinski definition) is 2. The molecule has 0 saturated carbocycles. The van der Waals surface area contributed by atoms with Gasteiger partial charge in [-0.05, 0) is 38.5 Å². The van der Waals surface area contributed by atoms with Crippen molar-refractivity contribution in [3.63, 3.8) is 0 Å². The fourth-order valence-corrected chi connectivity index (χ4v) is 1.68. The van der Waals surface area contributed by atoms with E-state index in [1.165, 1.54) is 38.5 Å². The van der Waals surface area contributed by atoms with Crippen LogP contribution in [-0.4, -0.2) is 23.4 Å². The van der Waals surface area contributed by atoms with E-state index < -0.39 is 0 Å². The zero-order valence-corrected chi connectivity index (χ0v) is 12.7. The Bertz CT molecular complexity index is 167. The topological polar surface area (TPSA) is 40.5 Å². The first kappa shape index (κ1) is 20.7. The lowest BCUT2D eigenvalue weighted by atomic mass is 10.1. The standard InChI is InChI=1S/C11H22O.C6H12O/c1-2-3-4-5-6-7-8-9-10-11-12;1-2-3-4-5-6-7/h2,12H,1,3-11H2;2,7H,1,3-6H2.